The first-order valence-corrected chi connectivity index (χ1v) is 17.9. The third kappa shape index (κ3) is 4.78. The summed E-state index contributed by atoms with van der Waals surface area (Å²) in [6.45, 7) is 2.79. The molecule has 0 N–H and O–H groups in total. The number of rotatable bonds is 6. The van der Waals surface area contributed by atoms with Crippen LogP contribution in [0.4, 0.5) is 0 Å². The first-order chi connectivity index (χ1) is 19.0. The molecule has 6 rings (SSSR count). The average Bonchev–Trinajstić information content (AvgIpc) is 3.20. The molecule has 0 saturated heterocycles. The van der Waals surface area contributed by atoms with Gasteiger partial charge in [0.2, 0.25) is 0 Å². The van der Waals surface area contributed by atoms with Gasteiger partial charge in [-0.3, -0.25) is 0 Å². The predicted octanol–water partition coefficient (Wildman–Crippen LogP) is 8.67. The van der Waals surface area contributed by atoms with Crippen LogP contribution in [0, 0.1) is 6.92 Å². The van der Waals surface area contributed by atoms with E-state index in [4.69, 9.17) is 4.74 Å². The quantitative estimate of drug-likeness (QED) is 0.180. The van der Waals surface area contributed by atoms with Crippen LogP contribution in [0.2, 0.25) is 0 Å². The number of ether oxygens (including phenoxy) is 1. The molecule has 0 unspecified atom stereocenters. The van der Waals surface area contributed by atoms with Gasteiger partial charge >= 0.3 is 241 Å². The van der Waals surface area contributed by atoms with Crippen LogP contribution in [-0.4, -0.2) is 12.8 Å². The molecule has 194 valence electrons. The summed E-state index contributed by atoms with van der Waals surface area (Å²) in [7, 11) is 0. The number of halogens is 1. The van der Waals surface area contributed by atoms with Gasteiger partial charge in [0.05, 0.1) is 0 Å². The van der Waals surface area contributed by atoms with E-state index < -0.39 is 5.31 Å². The van der Waals surface area contributed by atoms with E-state index in [0.29, 0.717) is 6.61 Å². The molecular weight excluding hydrogens is 559 g/mol. The van der Waals surface area contributed by atoms with Crippen molar-refractivity contribution in [2.45, 2.75) is 13.3 Å². The molecule has 0 atom stereocenters. The van der Waals surface area contributed by atoms with Gasteiger partial charge in [-0.2, -0.15) is 0 Å². The molecule has 0 fully saturated rings. The Hall–Kier alpha value is -3.45. The van der Waals surface area contributed by atoms with E-state index in [1.807, 2.05) is 0 Å². The van der Waals surface area contributed by atoms with E-state index in [1.54, 1.807) is 0 Å². The van der Waals surface area contributed by atoms with Crippen molar-refractivity contribution in [3.8, 4) is 16.9 Å². The van der Waals surface area contributed by atoms with Crippen LogP contribution in [0.1, 0.15) is 17.5 Å². The van der Waals surface area contributed by atoms with Gasteiger partial charge in [-0.05, 0) is 0 Å². The summed E-state index contributed by atoms with van der Waals surface area (Å²) in [4.78, 5) is 0. The zero-order valence-corrected chi connectivity index (χ0v) is 24.6. The molecule has 0 radical (unpaired) electrons. The number of aryl methyl sites for hydroxylation is 1. The summed E-state index contributed by atoms with van der Waals surface area (Å²) < 4.78 is 6.30. The molecule has 1 nitrogen and oxygen atoms in total. The van der Waals surface area contributed by atoms with Crippen molar-refractivity contribution >= 4 is 42.8 Å². The monoisotopic (exact) mass is 590 g/mol. The molecule has 1 aliphatic rings. The second-order valence-corrected chi connectivity index (χ2v) is 19.3. The Kier molecular flexibility index (Phi) is 7.02. The third-order valence-corrected chi connectivity index (χ3v) is 17.4. The van der Waals surface area contributed by atoms with Crippen LogP contribution in [0.15, 0.2) is 139 Å². The van der Waals surface area contributed by atoms with E-state index in [0.717, 1.165) is 23.9 Å². The molecule has 0 aromatic heterocycles. The van der Waals surface area contributed by atoms with Gasteiger partial charge in [-0.15, -0.1) is 0 Å². The summed E-state index contributed by atoms with van der Waals surface area (Å²) in [6, 6.07) is 48.4. The average molecular weight is 592 g/mol. The van der Waals surface area contributed by atoms with Crippen molar-refractivity contribution in [1.29, 1.82) is 0 Å². The summed E-state index contributed by atoms with van der Waals surface area (Å²) in [6.07, 6.45) is 4.16. The number of benzene rings is 5. The zero-order chi connectivity index (χ0) is 26.7. The van der Waals surface area contributed by atoms with E-state index in [9.17, 15) is 0 Å². The topological polar surface area (TPSA) is 9.23 Å². The maximum atomic E-state index is 6.30. The van der Waals surface area contributed by atoms with Crippen LogP contribution in [-0.2, 0) is 0 Å². The van der Waals surface area contributed by atoms with E-state index in [-0.39, 0.29) is 0 Å². The van der Waals surface area contributed by atoms with Crippen molar-refractivity contribution in [3.05, 3.63) is 150 Å². The van der Waals surface area contributed by atoms with Crippen LogP contribution >= 0.6 is 20.8 Å². The van der Waals surface area contributed by atoms with Crippen molar-refractivity contribution in [2.75, 3.05) is 12.8 Å². The zero-order valence-electron chi connectivity index (χ0n) is 22.1. The fraction of sp³-hybridized carbons (Fsp3) is 0.111. The Morgan fingerprint density at radius 2 is 1.15 bits per heavy atom. The van der Waals surface area contributed by atoms with Gasteiger partial charge < -0.3 is 0 Å². The normalized spacial score (nSPS) is 14.2. The van der Waals surface area contributed by atoms with Crippen LogP contribution in [0.3, 0.4) is 0 Å². The molecule has 3 heteroatoms. The minimum absolute atomic E-state index is 0.667. The standard InChI is InChI=1S/C36H32BrOP/c1-28-17-19-30(20-18-28)31-21-22-36-32(26-31)25-29(23-24-38-36)27-39(37,33-11-5-2-6-12-33,34-13-7-3-8-14-34)35-15-9-4-10-16-35/h2-22,25-26H,23-24,27H2,1H3. The molecule has 39 heavy (non-hydrogen) atoms. The summed E-state index contributed by atoms with van der Waals surface area (Å²) >= 11 is 4.63. The summed E-state index contributed by atoms with van der Waals surface area (Å²) in [5.74, 6) is 0.954. The summed E-state index contributed by atoms with van der Waals surface area (Å²) in [5.41, 5.74) is 6.24. The maximum absolute atomic E-state index is 6.30. The fourth-order valence-corrected chi connectivity index (χ4v) is 13.7. The van der Waals surface area contributed by atoms with Crippen LogP contribution in [0.25, 0.3) is 17.2 Å². The van der Waals surface area contributed by atoms with Crippen molar-refractivity contribution < 1.29 is 4.74 Å². The van der Waals surface area contributed by atoms with Gasteiger partial charge in [0, 0.05) is 0 Å². The number of hydrogen-bond donors (Lipinski definition) is 0. The molecule has 1 heterocycles. The molecule has 5 aromatic rings. The summed E-state index contributed by atoms with van der Waals surface area (Å²) in [5, 5.41) is 0.928. The molecule has 1 aliphatic heterocycles. The Morgan fingerprint density at radius 3 is 1.69 bits per heavy atom. The van der Waals surface area contributed by atoms with Gasteiger partial charge in [0.15, 0.2) is 0 Å². The molecular formula is C36H32BrOP. The van der Waals surface area contributed by atoms with Gasteiger partial charge in [-0.25, -0.2) is 0 Å². The van der Waals surface area contributed by atoms with Crippen molar-refractivity contribution in [3.63, 3.8) is 0 Å². The van der Waals surface area contributed by atoms with Gasteiger partial charge in [-0.1, -0.05) is 0 Å². The number of hydrogen-bond acceptors (Lipinski definition) is 1. The van der Waals surface area contributed by atoms with Crippen molar-refractivity contribution in [1.82, 2.24) is 0 Å². The third-order valence-electron chi connectivity index (χ3n) is 7.82. The Morgan fingerprint density at radius 1 is 0.641 bits per heavy atom. The Balaban J connectivity index is 1.54. The second kappa shape index (κ2) is 10.6. The Bertz CT molecular complexity index is 1510. The first-order valence-electron chi connectivity index (χ1n) is 13.5. The van der Waals surface area contributed by atoms with Crippen LogP contribution in [0.5, 0.6) is 5.75 Å². The second-order valence-electron chi connectivity index (χ2n) is 10.4. The van der Waals surface area contributed by atoms with Gasteiger partial charge in [0.1, 0.15) is 0 Å². The SMILES string of the molecule is Cc1ccc(-c2ccc3c(c2)C=C(CP(Br)(c2ccccc2)(c2ccccc2)c2ccccc2)CCO3)cc1. The minimum atomic E-state index is -3.07. The van der Waals surface area contributed by atoms with E-state index in [1.165, 1.54) is 38.2 Å². The fourth-order valence-electron chi connectivity index (χ4n) is 5.75. The molecule has 0 amide bonds. The molecule has 5 aromatic carbocycles. The molecule has 0 saturated carbocycles. The number of fused-ring (bicyclic) bond motifs is 1. The predicted molar refractivity (Wildman–Crippen MR) is 174 cm³/mol. The molecule has 0 aliphatic carbocycles. The first kappa shape index (κ1) is 25.8. The van der Waals surface area contributed by atoms with Crippen molar-refractivity contribution in [2.24, 2.45) is 0 Å². The Labute approximate surface area is 239 Å². The van der Waals surface area contributed by atoms with Crippen LogP contribution < -0.4 is 20.7 Å². The van der Waals surface area contributed by atoms with E-state index in [2.05, 4.69) is 162 Å². The van der Waals surface area contributed by atoms with E-state index >= 15 is 0 Å². The van der Waals surface area contributed by atoms with Gasteiger partial charge in [0.25, 0.3) is 0 Å². The molecule has 0 spiro atoms. The molecule has 0 bridgehead atoms.